The van der Waals surface area contributed by atoms with Crippen molar-refractivity contribution in [3.05, 3.63) is 60.3 Å². The molecule has 0 radical (unpaired) electrons. The Kier molecular flexibility index (Phi) is 5.46. The van der Waals surface area contributed by atoms with E-state index in [-0.39, 0.29) is 0 Å². The average molecular weight is 283 g/mol. The number of anilines is 1. The van der Waals surface area contributed by atoms with E-state index in [0.717, 1.165) is 5.56 Å². The third-order valence-electron chi connectivity index (χ3n) is 2.70. The second kappa shape index (κ2) is 7.79. The van der Waals surface area contributed by atoms with Gasteiger partial charge in [0, 0.05) is 12.6 Å². The Morgan fingerprint density at radius 1 is 1.19 bits per heavy atom. The summed E-state index contributed by atoms with van der Waals surface area (Å²) >= 11 is 0. The fourth-order valence-electron chi connectivity index (χ4n) is 1.71. The number of hydrazone groups is 1. The van der Waals surface area contributed by atoms with Crippen molar-refractivity contribution in [2.75, 3.05) is 12.0 Å². The lowest BCUT2D eigenvalue weighted by atomic mass is 10.1. The SMILES string of the molecule is CCOC(=O)/C(Cc1ccccc1)=N/Nc1ccccn1. The van der Waals surface area contributed by atoms with Gasteiger partial charge in [0.15, 0.2) is 0 Å². The highest BCUT2D eigenvalue weighted by Gasteiger charge is 2.13. The zero-order valence-electron chi connectivity index (χ0n) is 11.8. The number of aromatic nitrogens is 1. The number of carbonyl (C=O) groups excluding carboxylic acids is 1. The van der Waals surface area contributed by atoms with Crippen LogP contribution in [0.15, 0.2) is 59.8 Å². The van der Waals surface area contributed by atoms with Gasteiger partial charge in [0.25, 0.3) is 0 Å². The number of esters is 1. The van der Waals surface area contributed by atoms with Crippen LogP contribution in [0.4, 0.5) is 5.82 Å². The molecule has 2 rings (SSSR count). The van der Waals surface area contributed by atoms with Gasteiger partial charge in [-0.25, -0.2) is 9.78 Å². The summed E-state index contributed by atoms with van der Waals surface area (Å²) in [5, 5.41) is 4.14. The van der Waals surface area contributed by atoms with E-state index >= 15 is 0 Å². The molecule has 1 aromatic heterocycles. The van der Waals surface area contributed by atoms with Crippen LogP contribution in [0.3, 0.4) is 0 Å². The van der Waals surface area contributed by atoms with Crippen LogP contribution in [-0.4, -0.2) is 23.3 Å². The maximum Gasteiger partial charge on any atom is 0.354 e. The van der Waals surface area contributed by atoms with Crippen molar-refractivity contribution in [1.29, 1.82) is 0 Å². The predicted octanol–water partition coefficient (Wildman–Crippen LogP) is 2.66. The number of nitrogens with zero attached hydrogens (tertiary/aromatic N) is 2. The smallest absolute Gasteiger partial charge is 0.354 e. The second-order valence-corrected chi connectivity index (χ2v) is 4.27. The van der Waals surface area contributed by atoms with Crippen LogP contribution in [0.2, 0.25) is 0 Å². The molecule has 1 heterocycles. The molecule has 0 saturated carbocycles. The molecule has 5 nitrogen and oxygen atoms in total. The van der Waals surface area contributed by atoms with Gasteiger partial charge < -0.3 is 4.74 Å². The standard InChI is InChI=1S/C16H17N3O2/c1-2-21-16(20)14(12-13-8-4-3-5-9-13)18-19-15-10-6-7-11-17-15/h3-11H,2,12H2,1H3,(H,17,19)/b18-14+. The summed E-state index contributed by atoms with van der Waals surface area (Å²) in [5.74, 6) is 0.150. The highest BCUT2D eigenvalue weighted by atomic mass is 16.5. The Bertz CT molecular complexity index is 597. The molecular weight excluding hydrogens is 266 g/mol. The van der Waals surface area contributed by atoms with E-state index < -0.39 is 5.97 Å². The van der Waals surface area contributed by atoms with Crippen LogP contribution in [0.5, 0.6) is 0 Å². The summed E-state index contributed by atoms with van der Waals surface area (Å²) in [6.45, 7) is 2.08. The summed E-state index contributed by atoms with van der Waals surface area (Å²) < 4.78 is 5.03. The van der Waals surface area contributed by atoms with Gasteiger partial charge in [0.05, 0.1) is 6.61 Å². The van der Waals surface area contributed by atoms with E-state index in [4.69, 9.17) is 4.74 Å². The van der Waals surface area contributed by atoms with Crippen LogP contribution in [-0.2, 0) is 16.0 Å². The summed E-state index contributed by atoms with van der Waals surface area (Å²) in [6.07, 6.45) is 2.05. The zero-order valence-corrected chi connectivity index (χ0v) is 11.8. The highest BCUT2D eigenvalue weighted by Crippen LogP contribution is 2.05. The van der Waals surface area contributed by atoms with E-state index in [1.165, 1.54) is 0 Å². The number of rotatable bonds is 6. The molecule has 1 aromatic carbocycles. The molecule has 0 atom stereocenters. The second-order valence-electron chi connectivity index (χ2n) is 4.27. The molecular formula is C16H17N3O2. The van der Waals surface area contributed by atoms with Crippen molar-refractivity contribution in [2.45, 2.75) is 13.3 Å². The number of hydrogen-bond donors (Lipinski definition) is 1. The molecule has 2 aromatic rings. The minimum Gasteiger partial charge on any atom is -0.461 e. The van der Waals surface area contributed by atoms with Gasteiger partial charge in [-0.2, -0.15) is 5.10 Å². The van der Waals surface area contributed by atoms with Crippen LogP contribution in [0.25, 0.3) is 0 Å². The first-order chi connectivity index (χ1) is 10.3. The summed E-state index contributed by atoms with van der Waals surface area (Å²) in [4.78, 5) is 16.0. The summed E-state index contributed by atoms with van der Waals surface area (Å²) in [5.41, 5.74) is 4.09. The maximum absolute atomic E-state index is 12.0. The monoisotopic (exact) mass is 283 g/mol. The molecule has 0 unspecified atom stereocenters. The van der Waals surface area contributed by atoms with Gasteiger partial charge in [0.1, 0.15) is 11.5 Å². The van der Waals surface area contributed by atoms with Crippen LogP contribution in [0, 0.1) is 0 Å². The van der Waals surface area contributed by atoms with Crippen molar-refractivity contribution >= 4 is 17.5 Å². The van der Waals surface area contributed by atoms with Crippen molar-refractivity contribution in [2.24, 2.45) is 5.10 Å². The molecule has 0 amide bonds. The number of pyridine rings is 1. The Balaban J connectivity index is 2.13. The van der Waals surface area contributed by atoms with Gasteiger partial charge >= 0.3 is 5.97 Å². The molecule has 0 fully saturated rings. The Morgan fingerprint density at radius 3 is 2.62 bits per heavy atom. The first-order valence-corrected chi connectivity index (χ1v) is 6.74. The van der Waals surface area contributed by atoms with Crippen LogP contribution in [0.1, 0.15) is 12.5 Å². The molecule has 21 heavy (non-hydrogen) atoms. The normalized spacial score (nSPS) is 11.0. The van der Waals surface area contributed by atoms with Crippen molar-refractivity contribution in [3.8, 4) is 0 Å². The quantitative estimate of drug-likeness (QED) is 0.503. The lowest BCUT2D eigenvalue weighted by Gasteiger charge is -2.07. The van der Waals surface area contributed by atoms with Gasteiger partial charge in [-0.15, -0.1) is 0 Å². The minimum atomic E-state index is -0.426. The average Bonchev–Trinajstić information content (AvgIpc) is 2.53. The molecule has 0 aliphatic heterocycles. The Labute approximate surface area is 123 Å². The highest BCUT2D eigenvalue weighted by molar-refractivity contribution is 6.37. The molecule has 108 valence electrons. The third kappa shape index (κ3) is 4.72. The van der Waals surface area contributed by atoms with E-state index in [1.807, 2.05) is 42.5 Å². The fourth-order valence-corrected chi connectivity index (χ4v) is 1.71. The summed E-state index contributed by atoms with van der Waals surface area (Å²) in [6, 6.07) is 15.1. The van der Waals surface area contributed by atoms with E-state index in [0.29, 0.717) is 24.6 Å². The van der Waals surface area contributed by atoms with Gasteiger partial charge in [0.2, 0.25) is 0 Å². The molecule has 5 heteroatoms. The van der Waals surface area contributed by atoms with Crippen molar-refractivity contribution in [3.63, 3.8) is 0 Å². The number of hydrogen-bond acceptors (Lipinski definition) is 5. The van der Waals surface area contributed by atoms with Crippen LogP contribution < -0.4 is 5.43 Å². The first-order valence-electron chi connectivity index (χ1n) is 6.74. The number of benzene rings is 1. The number of nitrogens with one attached hydrogen (secondary N) is 1. The van der Waals surface area contributed by atoms with Gasteiger partial charge in [-0.1, -0.05) is 36.4 Å². The maximum atomic E-state index is 12.0. The minimum absolute atomic E-state index is 0.314. The molecule has 0 saturated heterocycles. The third-order valence-corrected chi connectivity index (χ3v) is 2.70. The van der Waals surface area contributed by atoms with Gasteiger partial charge in [-0.3, -0.25) is 5.43 Å². The Morgan fingerprint density at radius 2 is 1.95 bits per heavy atom. The molecule has 0 spiro atoms. The Hall–Kier alpha value is -2.69. The van der Waals surface area contributed by atoms with Gasteiger partial charge in [-0.05, 0) is 24.6 Å². The molecule has 0 aliphatic carbocycles. The van der Waals surface area contributed by atoms with Crippen molar-refractivity contribution in [1.82, 2.24) is 4.98 Å². The molecule has 0 bridgehead atoms. The predicted molar refractivity (Wildman–Crippen MR) is 82.1 cm³/mol. The van der Waals surface area contributed by atoms with E-state index in [9.17, 15) is 4.79 Å². The zero-order chi connectivity index (χ0) is 14.9. The van der Waals surface area contributed by atoms with E-state index in [1.54, 1.807) is 19.2 Å². The lowest BCUT2D eigenvalue weighted by Crippen LogP contribution is -2.21. The van der Waals surface area contributed by atoms with Crippen molar-refractivity contribution < 1.29 is 9.53 Å². The van der Waals surface area contributed by atoms with E-state index in [2.05, 4.69) is 15.5 Å². The van der Waals surface area contributed by atoms with Crippen LogP contribution >= 0.6 is 0 Å². The number of ether oxygens (including phenoxy) is 1. The molecule has 0 aliphatic rings. The number of carbonyl (C=O) groups is 1. The first kappa shape index (κ1) is 14.7. The topological polar surface area (TPSA) is 63.6 Å². The summed E-state index contributed by atoms with van der Waals surface area (Å²) in [7, 11) is 0. The fraction of sp³-hybridized carbons (Fsp3) is 0.188. The largest absolute Gasteiger partial charge is 0.461 e. The molecule has 1 N–H and O–H groups in total. The lowest BCUT2D eigenvalue weighted by molar-refractivity contribution is -0.135.